The number of ether oxygens (including phenoxy) is 1. The molecular weight excluding hydrogens is 458 g/mol. The molecule has 1 saturated heterocycles. The minimum Gasteiger partial charge on any atom is -0.424 e. The highest BCUT2D eigenvalue weighted by Gasteiger charge is 2.38. The lowest BCUT2D eigenvalue weighted by molar-refractivity contribution is -0.152. The monoisotopic (exact) mass is 501 g/mol. The van der Waals surface area contributed by atoms with E-state index in [2.05, 4.69) is 39.9 Å². The van der Waals surface area contributed by atoms with E-state index in [4.69, 9.17) is 4.74 Å². The Bertz CT molecular complexity index is 908. The van der Waals surface area contributed by atoms with E-state index < -0.39 is 24.4 Å². The lowest BCUT2D eigenvalue weighted by Gasteiger charge is -2.42. The first-order valence-electron chi connectivity index (χ1n) is 13.3. The van der Waals surface area contributed by atoms with Gasteiger partial charge in [0.2, 0.25) is 11.8 Å². The number of alkyl carbamates (subject to hydrolysis) is 1. The van der Waals surface area contributed by atoms with Gasteiger partial charge in [0, 0.05) is 13.1 Å². The number of nitrogens with zero attached hydrogens (tertiary/aromatic N) is 2. The van der Waals surface area contributed by atoms with Gasteiger partial charge in [-0.2, -0.15) is 0 Å². The van der Waals surface area contributed by atoms with E-state index in [0.29, 0.717) is 19.6 Å². The van der Waals surface area contributed by atoms with Gasteiger partial charge in [0.05, 0.1) is 18.6 Å². The summed E-state index contributed by atoms with van der Waals surface area (Å²) in [5, 5.41) is 8.84. The Labute approximate surface area is 215 Å². The molecular formula is C27H43N5O4. The van der Waals surface area contributed by atoms with E-state index in [1.165, 1.54) is 5.56 Å². The standard InChI is InChI=1S/C27H43N5O4/c1-6-14-31-15-16-32(26(34)24(18(2)3)30-25(33)19(4)28-5)23(17-31)36-27(35)29-22-13-9-11-20-10-7-8-12-21(20)22/h7-8,10,12,18-19,22-24,28H,6,9,11,13-17H2,1-5H3,(H,29,35)(H,30,33)/t19-,22?,23-,24-/m0/s1. The third-order valence-corrected chi connectivity index (χ3v) is 7.20. The van der Waals surface area contributed by atoms with Crippen molar-refractivity contribution in [1.82, 2.24) is 25.8 Å². The van der Waals surface area contributed by atoms with Crippen LogP contribution < -0.4 is 16.0 Å². The molecule has 1 fully saturated rings. The first kappa shape index (κ1) is 27.9. The van der Waals surface area contributed by atoms with Gasteiger partial charge in [0.15, 0.2) is 6.23 Å². The number of carbonyl (C=O) groups excluding carboxylic acids is 3. The molecule has 36 heavy (non-hydrogen) atoms. The van der Waals surface area contributed by atoms with Gasteiger partial charge in [-0.25, -0.2) is 4.79 Å². The van der Waals surface area contributed by atoms with Crippen molar-refractivity contribution >= 4 is 17.9 Å². The molecule has 1 heterocycles. The summed E-state index contributed by atoms with van der Waals surface area (Å²) in [7, 11) is 1.70. The molecule has 0 saturated carbocycles. The Morgan fingerprint density at radius 3 is 2.58 bits per heavy atom. The van der Waals surface area contributed by atoms with Crippen molar-refractivity contribution in [3.63, 3.8) is 0 Å². The van der Waals surface area contributed by atoms with Crippen molar-refractivity contribution in [2.24, 2.45) is 5.92 Å². The number of amides is 3. The number of nitrogens with one attached hydrogen (secondary N) is 3. The zero-order chi connectivity index (χ0) is 26.2. The maximum Gasteiger partial charge on any atom is 0.409 e. The van der Waals surface area contributed by atoms with E-state index in [0.717, 1.165) is 37.8 Å². The summed E-state index contributed by atoms with van der Waals surface area (Å²) in [6, 6.07) is 6.95. The fraction of sp³-hybridized carbons (Fsp3) is 0.667. The molecule has 9 nitrogen and oxygen atoms in total. The number of aryl methyl sites for hydroxylation is 1. The Kier molecular flexibility index (Phi) is 10.1. The second kappa shape index (κ2) is 13.1. The van der Waals surface area contributed by atoms with Crippen LogP contribution >= 0.6 is 0 Å². The zero-order valence-corrected chi connectivity index (χ0v) is 22.4. The Hall–Kier alpha value is -2.65. The molecule has 1 aromatic carbocycles. The maximum absolute atomic E-state index is 13.7. The number of rotatable bonds is 9. The molecule has 4 atom stereocenters. The number of carbonyl (C=O) groups is 3. The summed E-state index contributed by atoms with van der Waals surface area (Å²) in [6.45, 7) is 10.1. The smallest absolute Gasteiger partial charge is 0.409 e. The maximum atomic E-state index is 13.7. The van der Waals surface area contributed by atoms with Gasteiger partial charge in [-0.1, -0.05) is 45.0 Å². The predicted molar refractivity (Wildman–Crippen MR) is 139 cm³/mol. The Morgan fingerprint density at radius 1 is 1.14 bits per heavy atom. The molecule has 1 unspecified atom stereocenters. The van der Waals surface area contributed by atoms with E-state index in [1.807, 2.05) is 26.0 Å². The summed E-state index contributed by atoms with van der Waals surface area (Å²) in [6.07, 6.45) is 2.59. The number of piperazine rings is 1. The van der Waals surface area contributed by atoms with Crippen molar-refractivity contribution in [3.05, 3.63) is 35.4 Å². The van der Waals surface area contributed by atoms with Crippen LogP contribution in [0.1, 0.15) is 64.1 Å². The van der Waals surface area contributed by atoms with Crippen molar-refractivity contribution in [3.8, 4) is 0 Å². The average Bonchev–Trinajstić information content (AvgIpc) is 2.86. The molecule has 1 aliphatic carbocycles. The molecule has 0 radical (unpaired) electrons. The van der Waals surface area contributed by atoms with Crippen LogP contribution in [0.3, 0.4) is 0 Å². The normalized spacial score (nSPS) is 21.9. The molecule has 1 aliphatic heterocycles. The van der Waals surface area contributed by atoms with Gasteiger partial charge in [0.1, 0.15) is 6.04 Å². The van der Waals surface area contributed by atoms with Crippen molar-refractivity contribution in [2.45, 2.75) is 77.7 Å². The van der Waals surface area contributed by atoms with Gasteiger partial charge in [0.25, 0.3) is 0 Å². The highest BCUT2D eigenvalue weighted by Crippen LogP contribution is 2.29. The van der Waals surface area contributed by atoms with E-state index in [9.17, 15) is 14.4 Å². The summed E-state index contributed by atoms with van der Waals surface area (Å²) >= 11 is 0. The Balaban J connectivity index is 1.73. The number of hydrogen-bond acceptors (Lipinski definition) is 6. The molecule has 0 bridgehead atoms. The van der Waals surface area contributed by atoms with Crippen LogP contribution in [0, 0.1) is 5.92 Å². The van der Waals surface area contributed by atoms with E-state index >= 15 is 0 Å². The minimum atomic E-state index is -0.725. The third-order valence-electron chi connectivity index (χ3n) is 7.20. The SMILES string of the molecule is CCCN1CCN(C(=O)[C@@H](NC(=O)[C@H](C)NC)C(C)C)[C@@H](OC(=O)NC2CCCc3ccccc32)C1. The second-order valence-electron chi connectivity index (χ2n) is 10.2. The van der Waals surface area contributed by atoms with Crippen LogP contribution in [0.25, 0.3) is 0 Å². The summed E-state index contributed by atoms with van der Waals surface area (Å²) < 4.78 is 5.91. The first-order valence-corrected chi connectivity index (χ1v) is 13.3. The quantitative estimate of drug-likeness (QED) is 0.480. The van der Waals surface area contributed by atoms with E-state index in [1.54, 1.807) is 18.9 Å². The summed E-state index contributed by atoms with van der Waals surface area (Å²) in [5.74, 6) is -0.577. The highest BCUT2D eigenvalue weighted by molar-refractivity contribution is 5.90. The number of fused-ring (bicyclic) bond motifs is 1. The van der Waals surface area contributed by atoms with Gasteiger partial charge in [-0.15, -0.1) is 0 Å². The number of hydrogen-bond donors (Lipinski definition) is 3. The lowest BCUT2D eigenvalue weighted by atomic mass is 9.88. The first-order chi connectivity index (χ1) is 17.2. The van der Waals surface area contributed by atoms with Crippen LogP contribution in [0.15, 0.2) is 24.3 Å². The molecule has 3 N–H and O–H groups in total. The Morgan fingerprint density at radius 2 is 1.89 bits per heavy atom. The van der Waals surface area contributed by atoms with Crippen molar-refractivity contribution < 1.29 is 19.1 Å². The lowest BCUT2D eigenvalue weighted by Crippen LogP contribution is -2.62. The largest absolute Gasteiger partial charge is 0.424 e. The molecule has 200 valence electrons. The summed E-state index contributed by atoms with van der Waals surface area (Å²) in [4.78, 5) is 43.1. The fourth-order valence-electron chi connectivity index (χ4n) is 4.98. The average molecular weight is 502 g/mol. The molecule has 3 rings (SSSR count). The van der Waals surface area contributed by atoms with Crippen LogP contribution in [-0.2, 0) is 20.7 Å². The third kappa shape index (κ3) is 6.97. The number of likely N-dealkylation sites (N-methyl/N-ethyl adjacent to an activating group) is 1. The molecule has 2 aliphatic rings. The van der Waals surface area contributed by atoms with Crippen LogP contribution in [0.4, 0.5) is 4.79 Å². The van der Waals surface area contributed by atoms with Crippen LogP contribution in [-0.4, -0.2) is 79.2 Å². The van der Waals surface area contributed by atoms with Crippen LogP contribution in [0.5, 0.6) is 0 Å². The second-order valence-corrected chi connectivity index (χ2v) is 10.2. The van der Waals surface area contributed by atoms with Crippen LogP contribution in [0.2, 0.25) is 0 Å². The predicted octanol–water partition coefficient (Wildman–Crippen LogP) is 2.42. The number of benzene rings is 1. The highest BCUT2D eigenvalue weighted by atomic mass is 16.6. The van der Waals surface area contributed by atoms with Gasteiger partial charge in [-0.05, 0) is 63.2 Å². The fourth-order valence-corrected chi connectivity index (χ4v) is 4.98. The topological polar surface area (TPSA) is 103 Å². The van der Waals surface area contributed by atoms with Crippen molar-refractivity contribution in [2.75, 3.05) is 33.2 Å². The van der Waals surface area contributed by atoms with Gasteiger partial charge >= 0.3 is 6.09 Å². The minimum absolute atomic E-state index is 0.104. The zero-order valence-electron chi connectivity index (χ0n) is 22.4. The van der Waals surface area contributed by atoms with Crippen molar-refractivity contribution in [1.29, 1.82) is 0 Å². The van der Waals surface area contributed by atoms with Gasteiger partial charge < -0.3 is 25.6 Å². The molecule has 9 heteroatoms. The summed E-state index contributed by atoms with van der Waals surface area (Å²) in [5.41, 5.74) is 2.38. The molecule has 0 aromatic heterocycles. The van der Waals surface area contributed by atoms with Gasteiger partial charge in [-0.3, -0.25) is 14.5 Å². The van der Waals surface area contributed by atoms with E-state index in [-0.39, 0.29) is 23.8 Å². The molecule has 1 aromatic rings. The molecule has 3 amide bonds. The molecule has 0 spiro atoms.